The fourth-order valence-corrected chi connectivity index (χ4v) is 4.40. The summed E-state index contributed by atoms with van der Waals surface area (Å²) in [6.07, 6.45) is 0. The molecule has 2 rings (SSSR count). The number of carboxylic acids is 1. The Morgan fingerprint density at radius 3 is 2.00 bits per heavy atom. The molecule has 27 heavy (non-hydrogen) atoms. The first-order valence-corrected chi connectivity index (χ1v) is 10.7. The minimum absolute atomic E-state index is 0.0328. The van der Waals surface area contributed by atoms with Crippen LogP contribution < -0.4 is 4.72 Å². The van der Waals surface area contributed by atoms with Crippen LogP contribution in [0.5, 0.6) is 0 Å². The van der Waals surface area contributed by atoms with Crippen LogP contribution in [0.25, 0.3) is 0 Å². The summed E-state index contributed by atoms with van der Waals surface area (Å²) in [5.41, 5.74) is 1.29. The van der Waals surface area contributed by atoms with Crippen molar-refractivity contribution in [1.29, 1.82) is 0 Å². The zero-order valence-corrected chi connectivity index (χ0v) is 16.8. The van der Waals surface area contributed by atoms with E-state index in [0.717, 1.165) is 4.31 Å². The lowest BCUT2D eigenvalue weighted by Crippen LogP contribution is -2.23. The van der Waals surface area contributed by atoms with Crippen molar-refractivity contribution in [3.63, 3.8) is 0 Å². The molecule has 0 aliphatic heterocycles. The van der Waals surface area contributed by atoms with Crippen molar-refractivity contribution >= 4 is 31.7 Å². The van der Waals surface area contributed by atoms with Gasteiger partial charge in [-0.2, -0.15) is 0 Å². The van der Waals surface area contributed by atoms with Crippen LogP contribution in [-0.2, 0) is 20.0 Å². The summed E-state index contributed by atoms with van der Waals surface area (Å²) in [6.45, 7) is 3.36. The number of aryl methyl sites for hydroxylation is 1. The third-order valence-corrected chi connectivity index (χ3v) is 7.25. The SMILES string of the molecule is Cc1cc(S(=O)(=O)N(C)C)cc(NS(=O)(=O)c2ccc(C(=O)O)cc2)c1C. The van der Waals surface area contributed by atoms with Gasteiger partial charge >= 0.3 is 5.97 Å². The molecule has 146 valence electrons. The van der Waals surface area contributed by atoms with E-state index in [1.807, 2.05) is 0 Å². The van der Waals surface area contributed by atoms with Crippen LogP contribution in [0.3, 0.4) is 0 Å². The molecule has 2 aromatic rings. The van der Waals surface area contributed by atoms with Crippen molar-refractivity contribution in [2.75, 3.05) is 18.8 Å². The zero-order valence-electron chi connectivity index (χ0n) is 15.2. The standard InChI is InChI=1S/C17H20N2O6S2/c1-11-9-15(27(24,25)19(3)4)10-16(12(11)2)18-26(22,23)14-7-5-13(6-8-14)17(20)21/h5-10,18H,1-4H3,(H,20,21). The topological polar surface area (TPSA) is 121 Å². The Labute approximate surface area is 158 Å². The largest absolute Gasteiger partial charge is 0.478 e. The molecule has 0 atom stereocenters. The van der Waals surface area contributed by atoms with Gasteiger partial charge in [0.15, 0.2) is 0 Å². The number of carbonyl (C=O) groups is 1. The molecule has 0 spiro atoms. The van der Waals surface area contributed by atoms with Crippen molar-refractivity contribution in [3.05, 3.63) is 53.1 Å². The fraction of sp³-hybridized carbons (Fsp3) is 0.235. The smallest absolute Gasteiger partial charge is 0.335 e. The van der Waals surface area contributed by atoms with Crippen LogP contribution in [0.2, 0.25) is 0 Å². The van der Waals surface area contributed by atoms with Crippen LogP contribution in [-0.4, -0.2) is 46.3 Å². The highest BCUT2D eigenvalue weighted by Crippen LogP contribution is 2.27. The molecule has 0 saturated heterocycles. The molecule has 0 aliphatic rings. The van der Waals surface area contributed by atoms with E-state index >= 15 is 0 Å². The number of hydrogen-bond donors (Lipinski definition) is 2. The Balaban J connectivity index is 2.49. The van der Waals surface area contributed by atoms with Crippen LogP contribution in [0.15, 0.2) is 46.2 Å². The van der Waals surface area contributed by atoms with Crippen molar-refractivity contribution in [3.8, 4) is 0 Å². The number of hydrogen-bond acceptors (Lipinski definition) is 5. The highest BCUT2D eigenvalue weighted by atomic mass is 32.2. The molecular formula is C17H20N2O6S2. The van der Waals surface area contributed by atoms with E-state index in [9.17, 15) is 21.6 Å². The molecule has 8 nitrogen and oxygen atoms in total. The van der Waals surface area contributed by atoms with E-state index in [0.29, 0.717) is 11.1 Å². The second-order valence-corrected chi connectivity index (χ2v) is 9.97. The maximum absolute atomic E-state index is 12.6. The summed E-state index contributed by atoms with van der Waals surface area (Å²) in [4.78, 5) is 10.7. The van der Waals surface area contributed by atoms with Crippen LogP contribution >= 0.6 is 0 Å². The maximum Gasteiger partial charge on any atom is 0.335 e. The summed E-state index contributed by atoms with van der Waals surface area (Å²) < 4.78 is 53.4. The van der Waals surface area contributed by atoms with E-state index in [-0.39, 0.29) is 21.0 Å². The number of benzene rings is 2. The van der Waals surface area contributed by atoms with Gasteiger partial charge in [0, 0.05) is 14.1 Å². The molecular weight excluding hydrogens is 392 g/mol. The predicted molar refractivity (Wildman–Crippen MR) is 101 cm³/mol. The van der Waals surface area contributed by atoms with Gasteiger partial charge in [-0.3, -0.25) is 4.72 Å². The molecule has 0 aromatic heterocycles. The summed E-state index contributed by atoms with van der Waals surface area (Å²) in [6, 6.07) is 7.46. The van der Waals surface area contributed by atoms with E-state index in [1.165, 1.54) is 50.5 Å². The van der Waals surface area contributed by atoms with E-state index in [1.54, 1.807) is 13.8 Å². The van der Waals surface area contributed by atoms with Crippen molar-refractivity contribution in [2.45, 2.75) is 23.6 Å². The maximum atomic E-state index is 12.6. The fourth-order valence-electron chi connectivity index (χ4n) is 2.27. The van der Waals surface area contributed by atoms with E-state index < -0.39 is 26.0 Å². The number of rotatable bonds is 6. The monoisotopic (exact) mass is 412 g/mol. The lowest BCUT2D eigenvalue weighted by molar-refractivity contribution is 0.0696. The lowest BCUT2D eigenvalue weighted by atomic mass is 10.1. The van der Waals surface area contributed by atoms with Gasteiger partial charge in [0.1, 0.15) is 0 Å². The highest BCUT2D eigenvalue weighted by Gasteiger charge is 2.22. The zero-order chi connectivity index (χ0) is 20.6. The second-order valence-electron chi connectivity index (χ2n) is 6.14. The number of sulfonamides is 2. The van der Waals surface area contributed by atoms with Gasteiger partial charge in [-0.1, -0.05) is 0 Å². The highest BCUT2D eigenvalue weighted by molar-refractivity contribution is 7.92. The number of nitrogens with zero attached hydrogens (tertiary/aromatic N) is 1. The van der Waals surface area contributed by atoms with E-state index in [2.05, 4.69) is 4.72 Å². The van der Waals surface area contributed by atoms with Crippen LogP contribution in [0, 0.1) is 13.8 Å². The summed E-state index contributed by atoms with van der Waals surface area (Å²) >= 11 is 0. The average molecular weight is 412 g/mol. The molecule has 0 amide bonds. The van der Waals surface area contributed by atoms with Crippen LogP contribution in [0.1, 0.15) is 21.5 Å². The molecule has 0 unspecified atom stereocenters. The Morgan fingerprint density at radius 2 is 1.52 bits per heavy atom. The van der Waals surface area contributed by atoms with Gasteiger partial charge in [-0.25, -0.2) is 25.9 Å². The summed E-state index contributed by atoms with van der Waals surface area (Å²) in [7, 11) is -5.00. The minimum atomic E-state index is -4.03. The quantitative estimate of drug-likeness (QED) is 0.749. The first-order valence-electron chi connectivity index (χ1n) is 7.76. The molecule has 0 aliphatic carbocycles. The number of nitrogens with one attached hydrogen (secondary N) is 1. The van der Waals surface area contributed by atoms with Gasteiger partial charge in [0.25, 0.3) is 10.0 Å². The average Bonchev–Trinajstić information content (AvgIpc) is 2.58. The van der Waals surface area contributed by atoms with E-state index in [4.69, 9.17) is 5.11 Å². The van der Waals surface area contributed by atoms with Crippen molar-refractivity contribution in [1.82, 2.24) is 4.31 Å². The third kappa shape index (κ3) is 4.29. The summed E-state index contributed by atoms with van der Waals surface area (Å²) in [5.74, 6) is -1.17. The molecule has 2 aromatic carbocycles. The molecule has 2 N–H and O–H groups in total. The molecule has 0 heterocycles. The third-order valence-electron chi connectivity index (χ3n) is 4.08. The number of aromatic carboxylic acids is 1. The molecule has 0 radical (unpaired) electrons. The number of carboxylic acid groups (broad SMARTS) is 1. The minimum Gasteiger partial charge on any atom is -0.478 e. The molecule has 10 heteroatoms. The Bertz CT molecular complexity index is 1090. The molecule has 0 fully saturated rings. The Kier molecular flexibility index (Phi) is 5.64. The first kappa shape index (κ1) is 20.9. The first-order chi connectivity index (χ1) is 12.4. The number of anilines is 1. The lowest BCUT2D eigenvalue weighted by Gasteiger charge is -2.17. The van der Waals surface area contributed by atoms with Gasteiger partial charge in [-0.05, 0) is 61.4 Å². The van der Waals surface area contributed by atoms with Gasteiger partial charge in [-0.15, -0.1) is 0 Å². The van der Waals surface area contributed by atoms with Crippen molar-refractivity contribution in [2.24, 2.45) is 0 Å². The molecule has 0 saturated carbocycles. The second kappa shape index (κ2) is 7.29. The van der Waals surface area contributed by atoms with Crippen LogP contribution in [0.4, 0.5) is 5.69 Å². The predicted octanol–water partition coefficient (Wildman–Crippen LogP) is 2.05. The van der Waals surface area contributed by atoms with Crippen molar-refractivity contribution < 1.29 is 26.7 Å². The molecule has 0 bridgehead atoms. The Morgan fingerprint density at radius 1 is 0.963 bits per heavy atom. The normalized spacial score (nSPS) is 12.2. The van der Waals surface area contributed by atoms with Gasteiger partial charge in [0.05, 0.1) is 21.0 Å². The Hall–Kier alpha value is -2.43. The summed E-state index contributed by atoms with van der Waals surface area (Å²) in [5, 5.41) is 8.91. The van der Waals surface area contributed by atoms with Gasteiger partial charge < -0.3 is 5.11 Å². The van der Waals surface area contributed by atoms with Gasteiger partial charge in [0.2, 0.25) is 10.0 Å².